The second-order valence-corrected chi connectivity index (χ2v) is 6.41. The van der Waals surface area contributed by atoms with Gasteiger partial charge in [-0.2, -0.15) is 0 Å². The summed E-state index contributed by atoms with van der Waals surface area (Å²) in [5.41, 5.74) is 4.57. The second-order valence-electron chi connectivity index (χ2n) is 6.41. The summed E-state index contributed by atoms with van der Waals surface area (Å²) >= 11 is 0. The molecule has 1 unspecified atom stereocenters. The fraction of sp³-hybridized carbons (Fsp3) is 0.421. The molecule has 2 heterocycles. The van der Waals surface area contributed by atoms with Crippen LogP contribution >= 0.6 is 0 Å². The van der Waals surface area contributed by atoms with Crippen molar-refractivity contribution in [3.63, 3.8) is 0 Å². The number of hydrogen-bond acceptors (Lipinski definition) is 3. The lowest BCUT2D eigenvalue weighted by atomic mass is 9.83. The number of carbonyl (C=O) groups is 1. The summed E-state index contributed by atoms with van der Waals surface area (Å²) in [6.07, 6.45) is 6.88. The zero-order valence-corrected chi connectivity index (χ0v) is 12.9. The van der Waals surface area contributed by atoms with Gasteiger partial charge in [0.1, 0.15) is 6.61 Å². The number of benzene rings is 1. The molecule has 3 nitrogen and oxygen atoms in total. The maximum absolute atomic E-state index is 12.0. The topological polar surface area (TPSA) is 29.5 Å². The molecule has 0 amide bonds. The van der Waals surface area contributed by atoms with Gasteiger partial charge < -0.3 is 9.64 Å². The van der Waals surface area contributed by atoms with Crippen LogP contribution in [0.4, 0.5) is 0 Å². The van der Waals surface area contributed by atoms with E-state index in [2.05, 4.69) is 42.2 Å². The molecule has 0 radical (unpaired) electrons. The summed E-state index contributed by atoms with van der Waals surface area (Å²) in [5, 5.41) is 0. The van der Waals surface area contributed by atoms with Crippen molar-refractivity contribution in [2.24, 2.45) is 0 Å². The van der Waals surface area contributed by atoms with Crippen LogP contribution in [-0.4, -0.2) is 23.5 Å². The minimum atomic E-state index is -0.156. The lowest BCUT2D eigenvalue weighted by molar-refractivity contribution is -0.135. The van der Waals surface area contributed by atoms with Crippen LogP contribution in [0.2, 0.25) is 0 Å². The average Bonchev–Trinajstić information content (AvgIpc) is 2.94. The molecule has 3 heteroatoms. The van der Waals surface area contributed by atoms with E-state index < -0.39 is 0 Å². The number of hydrogen-bond donors (Lipinski definition) is 0. The van der Waals surface area contributed by atoms with Crippen LogP contribution in [0, 0.1) is 0 Å². The molecule has 1 aliphatic carbocycles. The smallest absolute Gasteiger partial charge is 0.340 e. The van der Waals surface area contributed by atoms with Crippen LogP contribution in [0.3, 0.4) is 0 Å². The van der Waals surface area contributed by atoms with Gasteiger partial charge in [-0.3, -0.25) is 0 Å². The third-order valence-electron chi connectivity index (χ3n) is 5.17. The van der Waals surface area contributed by atoms with Crippen molar-refractivity contribution in [3.8, 4) is 0 Å². The normalized spacial score (nSPS) is 25.3. The standard InChI is InChI=1S/C19H21NO2/c1-13(14-7-3-2-4-8-14)20-17-10-6-5-9-15(17)11-16-18(20)12-22-19(16)21/h2-4,7-8,11,13,17H,5-6,9-10,12H2,1H3/t13-,17?/m1/s1. The molecule has 0 N–H and O–H groups in total. The van der Waals surface area contributed by atoms with Gasteiger partial charge in [0.15, 0.2) is 0 Å². The Bertz CT molecular complexity index is 659. The Kier molecular flexibility index (Phi) is 3.29. The first kappa shape index (κ1) is 13.6. The molecule has 2 atom stereocenters. The Morgan fingerprint density at radius 3 is 2.86 bits per heavy atom. The molecule has 1 aromatic carbocycles. The Hall–Kier alpha value is -2.03. The Morgan fingerprint density at radius 2 is 2.05 bits per heavy atom. The molecule has 1 aromatic rings. The van der Waals surface area contributed by atoms with E-state index in [0.717, 1.165) is 17.7 Å². The number of cyclic esters (lactones) is 1. The number of carbonyl (C=O) groups excluding carboxylic acids is 1. The fourth-order valence-corrected chi connectivity index (χ4v) is 4.04. The molecule has 4 rings (SSSR count). The third-order valence-corrected chi connectivity index (χ3v) is 5.17. The molecule has 0 bridgehead atoms. The summed E-state index contributed by atoms with van der Waals surface area (Å²) in [5.74, 6) is -0.156. The second kappa shape index (κ2) is 5.31. The highest BCUT2D eigenvalue weighted by atomic mass is 16.5. The number of esters is 1. The van der Waals surface area contributed by atoms with Gasteiger partial charge in [0.05, 0.1) is 23.4 Å². The molecule has 1 saturated carbocycles. The molecular formula is C19H21NO2. The first-order valence-electron chi connectivity index (χ1n) is 8.20. The SMILES string of the molecule is C[C@H](c1ccccc1)N1C2=C(C=C3CCCCC31)C(=O)OC2. The summed E-state index contributed by atoms with van der Waals surface area (Å²) in [6, 6.07) is 11.2. The summed E-state index contributed by atoms with van der Waals surface area (Å²) in [6.45, 7) is 2.66. The predicted molar refractivity (Wildman–Crippen MR) is 85.0 cm³/mol. The highest BCUT2D eigenvalue weighted by Crippen LogP contribution is 2.42. The molecular weight excluding hydrogens is 274 g/mol. The van der Waals surface area contributed by atoms with Crippen LogP contribution < -0.4 is 0 Å². The number of rotatable bonds is 2. The number of nitrogens with zero attached hydrogens (tertiary/aromatic N) is 1. The van der Waals surface area contributed by atoms with Gasteiger partial charge in [0.2, 0.25) is 0 Å². The van der Waals surface area contributed by atoms with Crippen LogP contribution in [0.5, 0.6) is 0 Å². The highest BCUT2D eigenvalue weighted by molar-refractivity contribution is 5.95. The zero-order chi connectivity index (χ0) is 15.1. The minimum Gasteiger partial charge on any atom is -0.456 e. The Labute approximate surface area is 131 Å². The largest absolute Gasteiger partial charge is 0.456 e. The van der Waals surface area contributed by atoms with Crippen molar-refractivity contribution in [3.05, 3.63) is 58.8 Å². The van der Waals surface area contributed by atoms with Gasteiger partial charge in [-0.25, -0.2) is 4.79 Å². The maximum Gasteiger partial charge on any atom is 0.340 e. The molecule has 0 saturated heterocycles. The number of ether oxygens (including phenoxy) is 1. The van der Waals surface area contributed by atoms with Crippen molar-refractivity contribution in [1.29, 1.82) is 0 Å². The molecule has 2 aliphatic heterocycles. The Balaban J connectivity index is 1.77. The quantitative estimate of drug-likeness (QED) is 0.778. The van der Waals surface area contributed by atoms with Crippen LogP contribution in [0.15, 0.2) is 53.3 Å². The van der Waals surface area contributed by atoms with Gasteiger partial charge >= 0.3 is 5.97 Å². The zero-order valence-electron chi connectivity index (χ0n) is 12.9. The number of fused-ring (bicyclic) bond motifs is 1. The van der Waals surface area contributed by atoms with Gasteiger partial charge in [0.25, 0.3) is 0 Å². The van der Waals surface area contributed by atoms with E-state index >= 15 is 0 Å². The van der Waals surface area contributed by atoms with Gasteiger partial charge in [-0.15, -0.1) is 0 Å². The van der Waals surface area contributed by atoms with Crippen molar-refractivity contribution in [2.75, 3.05) is 6.61 Å². The van der Waals surface area contributed by atoms with E-state index in [-0.39, 0.29) is 12.0 Å². The Morgan fingerprint density at radius 1 is 1.23 bits per heavy atom. The maximum atomic E-state index is 12.0. The summed E-state index contributed by atoms with van der Waals surface area (Å²) < 4.78 is 5.32. The van der Waals surface area contributed by atoms with Crippen molar-refractivity contribution < 1.29 is 9.53 Å². The molecule has 0 spiro atoms. The summed E-state index contributed by atoms with van der Waals surface area (Å²) in [4.78, 5) is 14.5. The van der Waals surface area contributed by atoms with Gasteiger partial charge in [0, 0.05) is 0 Å². The lowest BCUT2D eigenvalue weighted by Crippen LogP contribution is -2.42. The van der Waals surface area contributed by atoms with Crippen molar-refractivity contribution in [2.45, 2.75) is 44.7 Å². The van der Waals surface area contributed by atoms with Crippen molar-refractivity contribution >= 4 is 5.97 Å². The molecule has 1 fully saturated rings. The van der Waals surface area contributed by atoms with Gasteiger partial charge in [-0.1, -0.05) is 36.8 Å². The average molecular weight is 295 g/mol. The third kappa shape index (κ3) is 2.07. The van der Waals surface area contributed by atoms with Gasteiger partial charge in [-0.05, 0) is 43.4 Å². The van der Waals surface area contributed by atoms with E-state index in [1.165, 1.54) is 30.4 Å². The van der Waals surface area contributed by atoms with Crippen LogP contribution in [0.25, 0.3) is 0 Å². The van der Waals surface area contributed by atoms with E-state index in [1.807, 2.05) is 6.07 Å². The first-order chi connectivity index (χ1) is 10.8. The lowest BCUT2D eigenvalue weighted by Gasteiger charge is -2.44. The molecule has 0 aromatic heterocycles. The molecule has 114 valence electrons. The van der Waals surface area contributed by atoms with E-state index in [0.29, 0.717) is 12.6 Å². The van der Waals surface area contributed by atoms with E-state index in [1.54, 1.807) is 0 Å². The molecule has 22 heavy (non-hydrogen) atoms. The monoisotopic (exact) mass is 295 g/mol. The van der Waals surface area contributed by atoms with E-state index in [4.69, 9.17) is 4.74 Å². The minimum absolute atomic E-state index is 0.156. The summed E-state index contributed by atoms with van der Waals surface area (Å²) in [7, 11) is 0. The molecule has 3 aliphatic rings. The fourth-order valence-electron chi connectivity index (χ4n) is 4.04. The van der Waals surface area contributed by atoms with Crippen molar-refractivity contribution in [1.82, 2.24) is 4.90 Å². The predicted octanol–water partition coefficient (Wildman–Crippen LogP) is 3.74. The van der Waals surface area contributed by atoms with E-state index in [9.17, 15) is 4.79 Å². The van der Waals surface area contributed by atoms with Crippen LogP contribution in [-0.2, 0) is 9.53 Å². The highest BCUT2D eigenvalue weighted by Gasteiger charge is 2.39. The van der Waals surface area contributed by atoms with Crippen LogP contribution in [0.1, 0.15) is 44.2 Å². The first-order valence-corrected chi connectivity index (χ1v) is 8.20.